The van der Waals surface area contributed by atoms with E-state index in [9.17, 15) is 9.18 Å². The number of carbonyl (C=O) groups is 1. The second kappa shape index (κ2) is 6.24. The molecule has 0 radical (unpaired) electrons. The number of hydrogen-bond acceptors (Lipinski definition) is 2. The molecule has 2 aromatic rings. The van der Waals surface area contributed by atoms with Gasteiger partial charge in [-0.3, -0.25) is 0 Å². The van der Waals surface area contributed by atoms with Gasteiger partial charge in [-0.25, -0.2) is 9.18 Å². The number of para-hydroxylation sites is 1. The molecular weight excluding hydrogens is 351 g/mol. The number of rotatable bonds is 4. The molecule has 1 N–H and O–H groups in total. The van der Waals surface area contributed by atoms with Crippen LogP contribution in [0.15, 0.2) is 40.9 Å². The molecule has 0 fully saturated rings. The van der Waals surface area contributed by atoms with Gasteiger partial charge in [-0.05, 0) is 40.2 Å². The first kappa shape index (κ1) is 14.8. The second-order valence-electron chi connectivity index (χ2n) is 3.95. The van der Waals surface area contributed by atoms with Gasteiger partial charge in [0.2, 0.25) is 0 Å². The maximum absolute atomic E-state index is 13.6. The molecule has 2 rings (SSSR count). The highest BCUT2D eigenvalue weighted by atomic mass is 79.9. The summed E-state index contributed by atoms with van der Waals surface area (Å²) in [6.45, 7) is -0.0914. The molecule has 0 saturated heterocycles. The summed E-state index contributed by atoms with van der Waals surface area (Å²) in [5.74, 6) is -1.45. The van der Waals surface area contributed by atoms with Crippen LogP contribution in [-0.2, 0) is 6.61 Å². The summed E-state index contributed by atoms with van der Waals surface area (Å²) >= 11 is 8.88. The van der Waals surface area contributed by atoms with Crippen LogP contribution in [0.4, 0.5) is 4.39 Å². The molecule has 0 spiro atoms. The lowest BCUT2D eigenvalue weighted by Gasteiger charge is -2.11. The molecule has 0 heterocycles. The fraction of sp³-hybridized carbons (Fsp3) is 0.0714. The summed E-state index contributed by atoms with van der Waals surface area (Å²) in [7, 11) is 0. The van der Waals surface area contributed by atoms with Gasteiger partial charge in [0.15, 0.2) is 0 Å². The summed E-state index contributed by atoms with van der Waals surface area (Å²) in [5.41, 5.74) is 0.301. The standard InChI is InChI=1S/C14H9BrClFO3/c15-11-3-1-2-10(14(18)19)13(11)20-7-8-4-5-9(16)6-12(8)17/h1-6H,7H2,(H,18,19). The van der Waals surface area contributed by atoms with E-state index in [1.165, 1.54) is 18.2 Å². The topological polar surface area (TPSA) is 46.5 Å². The smallest absolute Gasteiger partial charge is 0.339 e. The van der Waals surface area contributed by atoms with Gasteiger partial charge in [-0.15, -0.1) is 0 Å². The molecule has 3 nitrogen and oxygen atoms in total. The van der Waals surface area contributed by atoms with Crippen molar-refractivity contribution in [2.75, 3.05) is 0 Å². The van der Waals surface area contributed by atoms with Crippen molar-refractivity contribution >= 4 is 33.5 Å². The van der Waals surface area contributed by atoms with Crippen LogP contribution >= 0.6 is 27.5 Å². The highest BCUT2D eigenvalue weighted by Crippen LogP contribution is 2.30. The summed E-state index contributed by atoms with van der Waals surface area (Å²) in [5, 5.41) is 9.38. The van der Waals surface area contributed by atoms with Crippen molar-refractivity contribution in [3.63, 3.8) is 0 Å². The van der Waals surface area contributed by atoms with E-state index in [-0.39, 0.29) is 17.9 Å². The Labute approximate surface area is 128 Å². The van der Waals surface area contributed by atoms with Gasteiger partial charge in [-0.2, -0.15) is 0 Å². The van der Waals surface area contributed by atoms with Crippen LogP contribution in [0.1, 0.15) is 15.9 Å². The fourth-order valence-electron chi connectivity index (χ4n) is 1.61. The van der Waals surface area contributed by atoms with E-state index < -0.39 is 11.8 Å². The van der Waals surface area contributed by atoms with Crippen LogP contribution in [0.3, 0.4) is 0 Å². The predicted octanol–water partition coefficient (Wildman–Crippen LogP) is 4.52. The third-order valence-electron chi connectivity index (χ3n) is 2.58. The Morgan fingerprint density at radius 2 is 2.10 bits per heavy atom. The number of halogens is 3. The van der Waals surface area contributed by atoms with Crippen LogP contribution in [0.25, 0.3) is 0 Å². The Hall–Kier alpha value is -1.59. The molecule has 0 amide bonds. The Morgan fingerprint density at radius 3 is 2.75 bits per heavy atom. The Bertz CT molecular complexity index is 661. The third-order valence-corrected chi connectivity index (χ3v) is 3.44. The Kier molecular flexibility index (Phi) is 4.62. The zero-order valence-electron chi connectivity index (χ0n) is 10.1. The Morgan fingerprint density at radius 1 is 1.35 bits per heavy atom. The molecule has 0 saturated carbocycles. The normalized spacial score (nSPS) is 10.3. The SMILES string of the molecule is O=C(O)c1cccc(Br)c1OCc1ccc(Cl)cc1F. The van der Waals surface area contributed by atoms with Gasteiger partial charge >= 0.3 is 5.97 Å². The van der Waals surface area contributed by atoms with Gasteiger partial charge in [0.05, 0.1) is 4.47 Å². The van der Waals surface area contributed by atoms with Gasteiger partial charge in [0.1, 0.15) is 23.7 Å². The maximum atomic E-state index is 13.6. The first-order chi connectivity index (χ1) is 9.49. The van der Waals surface area contributed by atoms with Crippen LogP contribution in [0, 0.1) is 5.82 Å². The van der Waals surface area contributed by atoms with Crippen molar-refractivity contribution in [1.82, 2.24) is 0 Å². The summed E-state index contributed by atoms with van der Waals surface area (Å²) in [6, 6.07) is 8.87. The summed E-state index contributed by atoms with van der Waals surface area (Å²) in [4.78, 5) is 11.1. The zero-order valence-corrected chi connectivity index (χ0v) is 12.4. The van der Waals surface area contributed by atoms with Gasteiger partial charge < -0.3 is 9.84 Å². The average Bonchev–Trinajstić information content (AvgIpc) is 2.38. The monoisotopic (exact) mass is 358 g/mol. The number of hydrogen-bond donors (Lipinski definition) is 1. The lowest BCUT2D eigenvalue weighted by molar-refractivity contribution is 0.0691. The minimum absolute atomic E-state index is 0.00810. The number of carboxylic acid groups (broad SMARTS) is 1. The van der Waals surface area contributed by atoms with Crippen molar-refractivity contribution in [2.45, 2.75) is 6.61 Å². The van der Waals surface area contributed by atoms with Crippen molar-refractivity contribution in [3.8, 4) is 5.75 Å². The van der Waals surface area contributed by atoms with Crippen LogP contribution in [0.2, 0.25) is 5.02 Å². The molecule has 0 unspecified atom stereocenters. The first-order valence-electron chi connectivity index (χ1n) is 5.57. The minimum Gasteiger partial charge on any atom is -0.487 e. The molecule has 20 heavy (non-hydrogen) atoms. The summed E-state index contributed by atoms with van der Waals surface area (Å²) in [6.07, 6.45) is 0. The van der Waals surface area contributed by atoms with E-state index in [1.807, 2.05) is 0 Å². The van der Waals surface area contributed by atoms with Crippen molar-refractivity contribution < 1.29 is 19.0 Å². The average molecular weight is 360 g/mol. The molecule has 104 valence electrons. The van der Waals surface area contributed by atoms with Crippen molar-refractivity contribution in [3.05, 3.63) is 62.8 Å². The van der Waals surface area contributed by atoms with Crippen LogP contribution in [0.5, 0.6) is 5.75 Å². The van der Waals surface area contributed by atoms with E-state index in [0.717, 1.165) is 0 Å². The molecular formula is C14H9BrClFO3. The maximum Gasteiger partial charge on any atom is 0.339 e. The molecule has 0 aromatic heterocycles. The quantitative estimate of drug-likeness (QED) is 0.873. The highest BCUT2D eigenvalue weighted by Gasteiger charge is 2.15. The van der Waals surface area contributed by atoms with E-state index in [4.69, 9.17) is 21.4 Å². The Balaban J connectivity index is 2.25. The molecule has 0 aliphatic heterocycles. The van der Waals surface area contributed by atoms with E-state index in [1.54, 1.807) is 18.2 Å². The zero-order chi connectivity index (χ0) is 14.7. The molecule has 0 aliphatic carbocycles. The number of ether oxygens (including phenoxy) is 1. The van der Waals surface area contributed by atoms with Crippen LogP contribution in [-0.4, -0.2) is 11.1 Å². The van der Waals surface area contributed by atoms with E-state index >= 15 is 0 Å². The lowest BCUT2D eigenvalue weighted by atomic mass is 10.2. The molecule has 6 heteroatoms. The highest BCUT2D eigenvalue weighted by molar-refractivity contribution is 9.10. The number of aromatic carboxylic acids is 1. The molecule has 0 atom stereocenters. The molecule has 0 bridgehead atoms. The van der Waals surface area contributed by atoms with Gasteiger partial charge in [-0.1, -0.05) is 23.7 Å². The number of carboxylic acids is 1. The molecule has 2 aromatic carbocycles. The van der Waals surface area contributed by atoms with Crippen LogP contribution < -0.4 is 4.74 Å². The lowest BCUT2D eigenvalue weighted by Crippen LogP contribution is -2.05. The predicted molar refractivity (Wildman–Crippen MR) is 76.8 cm³/mol. The summed E-state index contributed by atoms with van der Waals surface area (Å²) < 4.78 is 19.5. The van der Waals surface area contributed by atoms with Gasteiger partial charge in [0, 0.05) is 10.6 Å². The van der Waals surface area contributed by atoms with Gasteiger partial charge in [0.25, 0.3) is 0 Å². The van der Waals surface area contributed by atoms with Crippen molar-refractivity contribution in [1.29, 1.82) is 0 Å². The third kappa shape index (κ3) is 3.29. The minimum atomic E-state index is -1.11. The first-order valence-corrected chi connectivity index (χ1v) is 6.74. The fourth-order valence-corrected chi connectivity index (χ4v) is 2.25. The van der Waals surface area contributed by atoms with E-state index in [0.29, 0.717) is 15.1 Å². The number of benzene rings is 2. The van der Waals surface area contributed by atoms with E-state index in [2.05, 4.69) is 15.9 Å². The molecule has 0 aliphatic rings. The van der Waals surface area contributed by atoms with Crippen molar-refractivity contribution in [2.24, 2.45) is 0 Å². The largest absolute Gasteiger partial charge is 0.487 e. The second-order valence-corrected chi connectivity index (χ2v) is 5.24.